The standard InChI is InChI=1S/C26H37N3O4S/c1-9-16-29(24(31)21(15-17-34-8)28-25(32)33-26(5,6)7)22(23(30)27-18(3)4)20-13-11-19(10-2)12-14-20/h2,9,11-14,18,21-22H,1,15-17H2,3-8H3,(H,27,30)(H,28,32). The molecule has 0 aliphatic heterocycles. The molecular weight excluding hydrogens is 450 g/mol. The van der Waals surface area contributed by atoms with Crippen molar-refractivity contribution in [2.45, 2.75) is 64.8 Å². The first kappa shape index (κ1) is 29.1. The van der Waals surface area contributed by atoms with Crippen molar-refractivity contribution in [1.29, 1.82) is 0 Å². The van der Waals surface area contributed by atoms with Crippen LogP contribution in [-0.2, 0) is 14.3 Å². The highest BCUT2D eigenvalue weighted by Crippen LogP contribution is 2.24. The molecule has 0 aliphatic carbocycles. The van der Waals surface area contributed by atoms with Crippen LogP contribution in [0.25, 0.3) is 0 Å². The third kappa shape index (κ3) is 9.52. The smallest absolute Gasteiger partial charge is 0.408 e. The summed E-state index contributed by atoms with van der Waals surface area (Å²) in [7, 11) is 0. The van der Waals surface area contributed by atoms with Gasteiger partial charge in [-0.25, -0.2) is 4.79 Å². The third-order valence-electron chi connectivity index (χ3n) is 4.59. The number of rotatable bonds is 11. The molecule has 8 heteroatoms. The van der Waals surface area contributed by atoms with Crippen LogP contribution in [0.1, 0.15) is 58.2 Å². The van der Waals surface area contributed by atoms with E-state index >= 15 is 0 Å². The molecule has 2 atom stereocenters. The summed E-state index contributed by atoms with van der Waals surface area (Å²) >= 11 is 1.56. The summed E-state index contributed by atoms with van der Waals surface area (Å²) in [6.45, 7) is 12.8. The van der Waals surface area contributed by atoms with E-state index in [2.05, 4.69) is 23.1 Å². The van der Waals surface area contributed by atoms with Crippen LogP contribution in [0.3, 0.4) is 0 Å². The molecule has 0 saturated heterocycles. The first-order chi connectivity index (χ1) is 15.9. The highest BCUT2D eigenvalue weighted by Gasteiger charge is 2.35. The molecule has 0 bridgehead atoms. The number of thioether (sulfide) groups is 1. The van der Waals surface area contributed by atoms with E-state index in [1.807, 2.05) is 20.1 Å². The molecule has 0 spiro atoms. The van der Waals surface area contributed by atoms with Crippen molar-refractivity contribution in [3.05, 3.63) is 48.0 Å². The van der Waals surface area contributed by atoms with Gasteiger partial charge in [-0.05, 0) is 70.7 Å². The number of amides is 3. The number of benzene rings is 1. The third-order valence-corrected chi connectivity index (χ3v) is 5.24. The largest absolute Gasteiger partial charge is 0.444 e. The Morgan fingerprint density at radius 1 is 1.21 bits per heavy atom. The minimum Gasteiger partial charge on any atom is -0.444 e. The summed E-state index contributed by atoms with van der Waals surface area (Å²) in [5.74, 6) is 2.45. The Labute approximate surface area is 208 Å². The summed E-state index contributed by atoms with van der Waals surface area (Å²) in [4.78, 5) is 40.9. The molecule has 0 saturated carbocycles. The predicted octanol–water partition coefficient (Wildman–Crippen LogP) is 3.89. The maximum absolute atomic E-state index is 13.8. The van der Waals surface area contributed by atoms with Gasteiger partial charge in [-0.1, -0.05) is 24.1 Å². The van der Waals surface area contributed by atoms with Crippen molar-refractivity contribution in [2.24, 2.45) is 0 Å². The van der Waals surface area contributed by atoms with Gasteiger partial charge < -0.3 is 20.3 Å². The van der Waals surface area contributed by atoms with E-state index in [1.54, 1.807) is 62.9 Å². The van der Waals surface area contributed by atoms with Crippen LogP contribution in [0.5, 0.6) is 0 Å². The van der Waals surface area contributed by atoms with Crippen molar-refractivity contribution in [1.82, 2.24) is 15.5 Å². The van der Waals surface area contributed by atoms with Crippen molar-refractivity contribution in [2.75, 3.05) is 18.6 Å². The van der Waals surface area contributed by atoms with Crippen LogP contribution in [0.4, 0.5) is 4.79 Å². The van der Waals surface area contributed by atoms with Crippen LogP contribution in [0.2, 0.25) is 0 Å². The van der Waals surface area contributed by atoms with E-state index in [0.717, 1.165) is 0 Å². The van der Waals surface area contributed by atoms with Crippen molar-refractivity contribution >= 4 is 29.7 Å². The number of nitrogens with one attached hydrogen (secondary N) is 2. The Kier molecular flexibility index (Phi) is 11.7. The van der Waals surface area contributed by atoms with Gasteiger partial charge in [0.25, 0.3) is 0 Å². The quantitative estimate of drug-likeness (QED) is 0.365. The predicted molar refractivity (Wildman–Crippen MR) is 138 cm³/mol. The fourth-order valence-corrected chi connectivity index (χ4v) is 3.67. The zero-order valence-electron chi connectivity index (χ0n) is 21.0. The lowest BCUT2D eigenvalue weighted by molar-refractivity contribution is -0.142. The number of hydrogen-bond donors (Lipinski definition) is 2. The molecule has 3 amide bonds. The van der Waals surface area contributed by atoms with E-state index in [9.17, 15) is 14.4 Å². The van der Waals surface area contributed by atoms with Crippen LogP contribution in [0, 0.1) is 12.3 Å². The highest BCUT2D eigenvalue weighted by molar-refractivity contribution is 7.98. The number of terminal acetylenes is 1. The van der Waals surface area contributed by atoms with Gasteiger partial charge in [0.15, 0.2) is 0 Å². The summed E-state index contributed by atoms with van der Waals surface area (Å²) in [6.07, 6.45) is 8.64. The minimum atomic E-state index is -0.933. The zero-order chi connectivity index (χ0) is 25.9. The summed E-state index contributed by atoms with van der Waals surface area (Å²) in [6, 6.07) is 4.99. The second-order valence-electron chi connectivity index (χ2n) is 9.09. The molecule has 2 unspecified atom stereocenters. The molecular formula is C26H37N3O4S. The number of hydrogen-bond acceptors (Lipinski definition) is 5. The number of nitrogens with zero attached hydrogens (tertiary/aromatic N) is 1. The molecule has 0 aromatic heterocycles. The number of carbonyl (C=O) groups excluding carboxylic acids is 3. The van der Waals surface area contributed by atoms with Gasteiger partial charge in [0.05, 0.1) is 0 Å². The molecule has 186 valence electrons. The fraction of sp³-hybridized carbons (Fsp3) is 0.500. The van der Waals surface area contributed by atoms with Crippen LogP contribution < -0.4 is 10.6 Å². The lowest BCUT2D eigenvalue weighted by Gasteiger charge is -2.34. The maximum atomic E-state index is 13.8. The van der Waals surface area contributed by atoms with E-state index in [0.29, 0.717) is 23.3 Å². The van der Waals surface area contributed by atoms with Gasteiger partial charge in [0.2, 0.25) is 11.8 Å². The lowest BCUT2D eigenvalue weighted by atomic mass is 10.0. The van der Waals surface area contributed by atoms with Crippen LogP contribution >= 0.6 is 11.8 Å². The van der Waals surface area contributed by atoms with Crippen LogP contribution in [0.15, 0.2) is 36.9 Å². The maximum Gasteiger partial charge on any atom is 0.408 e. The Morgan fingerprint density at radius 3 is 2.29 bits per heavy atom. The Bertz CT molecular complexity index is 885. The Balaban J connectivity index is 3.40. The average molecular weight is 488 g/mol. The van der Waals surface area contributed by atoms with Gasteiger partial charge >= 0.3 is 6.09 Å². The SMILES string of the molecule is C#Cc1ccc(C(C(=O)NC(C)C)N(CC=C)C(=O)C(CCSC)NC(=O)OC(C)(C)C)cc1. The van der Waals surface area contributed by atoms with Gasteiger partial charge in [-0.15, -0.1) is 13.0 Å². The molecule has 0 aliphatic rings. The summed E-state index contributed by atoms with van der Waals surface area (Å²) < 4.78 is 5.36. The second-order valence-corrected chi connectivity index (χ2v) is 10.1. The molecule has 1 aromatic carbocycles. The lowest BCUT2D eigenvalue weighted by Crippen LogP contribution is -2.53. The second kappa shape index (κ2) is 13.7. The van der Waals surface area contributed by atoms with Crippen molar-refractivity contribution in [3.63, 3.8) is 0 Å². The molecule has 34 heavy (non-hydrogen) atoms. The molecule has 1 rings (SSSR count). The molecule has 1 aromatic rings. The first-order valence-electron chi connectivity index (χ1n) is 11.2. The van der Waals surface area contributed by atoms with Crippen molar-refractivity contribution < 1.29 is 19.1 Å². The Hall–Kier alpha value is -2.92. The number of ether oxygens (including phenoxy) is 1. The monoisotopic (exact) mass is 487 g/mol. The molecule has 0 fully saturated rings. The van der Waals surface area contributed by atoms with Gasteiger partial charge in [0, 0.05) is 18.2 Å². The van der Waals surface area contributed by atoms with Gasteiger partial charge in [0.1, 0.15) is 17.7 Å². The van der Waals surface area contributed by atoms with E-state index in [-0.39, 0.29) is 18.5 Å². The Morgan fingerprint density at radius 2 is 1.82 bits per heavy atom. The van der Waals surface area contributed by atoms with Gasteiger partial charge in [-0.3, -0.25) is 9.59 Å². The van der Waals surface area contributed by atoms with Crippen LogP contribution in [-0.4, -0.2) is 59.0 Å². The molecule has 7 nitrogen and oxygen atoms in total. The van der Waals surface area contributed by atoms with E-state index in [1.165, 1.54) is 4.90 Å². The molecule has 0 radical (unpaired) electrons. The summed E-state index contributed by atoms with van der Waals surface area (Å²) in [5.41, 5.74) is 0.558. The fourth-order valence-electron chi connectivity index (χ4n) is 3.20. The number of alkyl carbamates (subject to hydrolysis) is 1. The highest BCUT2D eigenvalue weighted by atomic mass is 32.2. The van der Waals surface area contributed by atoms with E-state index < -0.39 is 29.7 Å². The average Bonchev–Trinajstić information content (AvgIpc) is 2.74. The zero-order valence-corrected chi connectivity index (χ0v) is 21.8. The van der Waals surface area contributed by atoms with Crippen molar-refractivity contribution in [3.8, 4) is 12.3 Å². The molecule has 2 N–H and O–H groups in total. The van der Waals surface area contributed by atoms with Gasteiger partial charge in [-0.2, -0.15) is 11.8 Å². The summed E-state index contributed by atoms with van der Waals surface area (Å²) in [5, 5.41) is 5.59. The topological polar surface area (TPSA) is 87.7 Å². The normalized spacial score (nSPS) is 12.8. The number of carbonyl (C=O) groups is 3. The molecule has 0 heterocycles. The van der Waals surface area contributed by atoms with E-state index in [4.69, 9.17) is 11.2 Å². The first-order valence-corrected chi connectivity index (χ1v) is 12.6. The minimum absolute atomic E-state index is 0.109.